The third-order valence-corrected chi connectivity index (χ3v) is 2.53. The van der Waals surface area contributed by atoms with Crippen molar-refractivity contribution < 1.29 is 13.9 Å². The summed E-state index contributed by atoms with van der Waals surface area (Å²) < 4.78 is 18.0. The fraction of sp³-hybridized carbons (Fsp3) is 0.143. The number of ketones is 1. The van der Waals surface area contributed by atoms with Gasteiger partial charge in [0.2, 0.25) is 0 Å². The zero-order valence-corrected chi connectivity index (χ0v) is 9.89. The van der Waals surface area contributed by atoms with E-state index in [2.05, 4.69) is 4.98 Å². The fourth-order valence-corrected chi connectivity index (χ4v) is 1.63. The van der Waals surface area contributed by atoms with E-state index in [0.717, 1.165) is 11.8 Å². The number of ether oxygens (including phenoxy) is 1. The summed E-state index contributed by atoms with van der Waals surface area (Å²) in [5, 5.41) is 0. The molecule has 0 aliphatic rings. The molecule has 3 nitrogen and oxygen atoms in total. The molecule has 1 heterocycles. The normalized spacial score (nSPS) is 10.1. The second kappa shape index (κ2) is 5.40. The van der Waals surface area contributed by atoms with E-state index in [1.165, 1.54) is 12.3 Å². The zero-order chi connectivity index (χ0) is 13.0. The summed E-state index contributed by atoms with van der Waals surface area (Å²) in [6.07, 6.45) is 2.64. The highest BCUT2D eigenvalue weighted by molar-refractivity contribution is 5.97. The Labute approximate surface area is 104 Å². The molecule has 0 bridgehead atoms. The molecule has 0 radical (unpaired) electrons. The molecule has 0 saturated carbocycles. The van der Waals surface area contributed by atoms with E-state index >= 15 is 0 Å². The van der Waals surface area contributed by atoms with Crippen LogP contribution < -0.4 is 4.74 Å². The Morgan fingerprint density at radius 2 is 2.17 bits per heavy atom. The van der Waals surface area contributed by atoms with E-state index in [0.29, 0.717) is 5.75 Å². The van der Waals surface area contributed by atoms with Gasteiger partial charge in [-0.25, -0.2) is 4.39 Å². The molecule has 1 aromatic carbocycles. The number of carbonyl (C=O) groups is 1. The van der Waals surface area contributed by atoms with E-state index in [1.807, 2.05) is 12.1 Å². The first-order valence-corrected chi connectivity index (χ1v) is 5.46. The first-order valence-electron chi connectivity index (χ1n) is 5.46. The number of benzene rings is 1. The number of nitrogens with zero attached hydrogens (tertiary/aromatic N) is 1. The molecular formula is C14H12FNO2. The van der Waals surface area contributed by atoms with Gasteiger partial charge in [0.15, 0.2) is 5.78 Å². The van der Waals surface area contributed by atoms with Gasteiger partial charge in [-0.05, 0) is 23.8 Å². The first-order chi connectivity index (χ1) is 8.69. The summed E-state index contributed by atoms with van der Waals surface area (Å²) in [6, 6.07) is 8.41. The van der Waals surface area contributed by atoms with Crippen molar-refractivity contribution in [2.24, 2.45) is 0 Å². The van der Waals surface area contributed by atoms with Crippen molar-refractivity contribution in [2.45, 2.75) is 6.42 Å². The molecule has 0 amide bonds. The van der Waals surface area contributed by atoms with E-state index in [4.69, 9.17) is 4.74 Å². The Hall–Kier alpha value is -2.23. The van der Waals surface area contributed by atoms with Crippen LogP contribution in [0.25, 0.3) is 0 Å². The Kier molecular flexibility index (Phi) is 3.67. The lowest BCUT2D eigenvalue weighted by Crippen LogP contribution is -2.04. The number of aromatic nitrogens is 1. The number of hydrogen-bond acceptors (Lipinski definition) is 3. The summed E-state index contributed by atoms with van der Waals surface area (Å²) in [5.41, 5.74) is 1.10. The average Bonchev–Trinajstić information content (AvgIpc) is 2.39. The average molecular weight is 245 g/mol. The summed E-state index contributed by atoms with van der Waals surface area (Å²) in [6.45, 7) is 0. The second-order valence-corrected chi connectivity index (χ2v) is 3.84. The van der Waals surface area contributed by atoms with Gasteiger partial charge in [0.05, 0.1) is 13.3 Å². The highest BCUT2D eigenvalue weighted by atomic mass is 19.1. The molecule has 0 fully saturated rings. The molecule has 2 aromatic rings. The van der Waals surface area contributed by atoms with Gasteiger partial charge in [-0.3, -0.25) is 9.78 Å². The van der Waals surface area contributed by atoms with Crippen LogP contribution in [0, 0.1) is 5.82 Å². The minimum Gasteiger partial charge on any atom is -0.497 e. The lowest BCUT2D eigenvalue weighted by atomic mass is 10.0. The number of pyridine rings is 1. The number of rotatable bonds is 4. The van der Waals surface area contributed by atoms with Crippen LogP contribution in [0.15, 0.2) is 42.7 Å². The van der Waals surface area contributed by atoms with Crippen LogP contribution >= 0.6 is 0 Å². The van der Waals surface area contributed by atoms with Gasteiger partial charge in [-0.2, -0.15) is 0 Å². The second-order valence-electron chi connectivity index (χ2n) is 3.84. The molecule has 0 aliphatic heterocycles. The molecule has 1 aromatic heterocycles. The van der Waals surface area contributed by atoms with Crippen LogP contribution in [-0.2, 0) is 6.42 Å². The number of carbonyl (C=O) groups excluding carboxylic acids is 1. The molecule has 0 atom stereocenters. The third kappa shape index (κ3) is 2.91. The van der Waals surface area contributed by atoms with Crippen LogP contribution in [-0.4, -0.2) is 17.9 Å². The first kappa shape index (κ1) is 12.2. The summed E-state index contributed by atoms with van der Waals surface area (Å²) >= 11 is 0. The van der Waals surface area contributed by atoms with Crippen LogP contribution in [0.4, 0.5) is 4.39 Å². The highest BCUT2D eigenvalue weighted by Crippen LogP contribution is 2.14. The summed E-state index contributed by atoms with van der Waals surface area (Å²) in [7, 11) is 1.57. The molecule has 18 heavy (non-hydrogen) atoms. The molecule has 2 rings (SSSR count). The van der Waals surface area contributed by atoms with E-state index in [1.54, 1.807) is 19.2 Å². The van der Waals surface area contributed by atoms with Crippen molar-refractivity contribution in [2.75, 3.05) is 7.11 Å². The summed E-state index contributed by atoms with van der Waals surface area (Å²) in [5.74, 6) is 0.0133. The van der Waals surface area contributed by atoms with Crippen molar-refractivity contribution in [1.82, 2.24) is 4.98 Å². The topological polar surface area (TPSA) is 39.2 Å². The molecular weight excluding hydrogens is 233 g/mol. The molecule has 92 valence electrons. The fourth-order valence-electron chi connectivity index (χ4n) is 1.63. The molecule has 0 saturated heterocycles. The largest absolute Gasteiger partial charge is 0.497 e. The molecule has 4 heteroatoms. The predicted octanol–water partition coefficient (Wildman–Crippen LogP) is 2.65. The monoisotopic (exact) mass is 245 g/mol. The Morgan fingerprint density at radius 1 is 1.33 bits per heavy atom. The van der Waals surface area contributed by atoms with Crippen molar-refractivity contribution in [1.29, 1.82) is 0 Å². The SMILES string of the molecule is COc1cccc(CC(=O)c2cncc(F)c2)c1. The number of halogens is 1. The van der Waals surface area contributed by atoms with Crippen LogP contribution in [0.2, 0.25) is 0 Å². The van der Waals surface area contributed by atoms with Gasteiger partial charge >= 0.3 is 0 Å². The van der Waals surface area contributed by atoms with Crippen molar-refractivity contribution in [3.05, 3.63) is 59.7 Å². The zero-order valence-electron chi connectivity index (χ0n) is 9.89. The standard InChI is InChI=1S/C14H12FNO2/c1-18-13-4-2-3-10(5-13)6-14(17)11-7-12(15)9-16-8-11/h2-5,7-9H,6H2,1H3. The van der Waals surface area contributed by atoms with Crippen LogP contribution in [0.3, 0.4) is 0 Å². The molecule has 0 unspecified atom stereocenters. The molecule has 0 spiro atoms. The Bertz CT molecular complexity index is 569. The van der Waals surface area contributed by atoms with Gasteiger partial charge in [0.1, 0.15) is 11.6 Å². The number of hydrogen-bond donors (Lipinski definition) is 0. The van der Waals surface area contributed by atoms with Gasteiger partial charge in [-0.15, -0.1) is 0 Å². The van der Waals surface area contributed by atoms with Crippen LogP contribution in [0.5, 0.6) is 5.75 Å². The van der Waals surface area contributed by atoms with Crippen molar-refractivity contribution in [3.63, 3.8) is 0 Å². The van der Waals surface area contributed by atoms with Crippen molar-refractivity contribution >= 4 is 5.78 Å². The van der Waals surface area contributed by atoms with Crippen LogP contribution in [0.1, 0.15) is 15.9 Å². The quantitative estimate of drug-likeness (QED) is 0.777. The van der Waals surface area contributed by atoms with Gasteiger partial charge in [0.25, 0.3) is 0 Å². The highest BCUT2D eigenvalue weighted by Gasteiger charge is 2.09. The van der Waals surface area contributed by atoms with E-state index < -0.39 is 5.82 Å². The maximum atomic E-state index is 13.0. The maximum absolute atomic E-state index is 13.0. The minimum atomic E-state index is -0.508. The number of Topliss-reactive ketones (excluding diaryl/α,β-unsaturated/α-hetero) is 1. The lowest BCUT2D eigenvalue weighted by molar-refractivity contribution is 0.0992. The van der Waals surface area contributed by atoms with Crippen molar-refractivity contribution in [3.8, 4) is 5.75 Å². The lowest BCUT2D eigenvalue weighted by Gasteiger charge is -2.04. The Morgan fingerprint density at radius 3 is 2.89 bits per heavy atom. The third-order valence-electron chi connectivity index (χ3n) is 2.53. The molecule has 0 aliphatic carbocycles. The smallest absolute Gasteiger partial charge is 0.168 e. The Balaban J connectivity index is 2.16. The van der Waals surface area contributed by atoms with E-state index in [9.17, 15) is 9.18 Å². The number of methoxy groups -OCH3 is 1. The van der Waals surface area contributed by atoms with E-state index in [-0.39, 0.29) is 17.8 Å². The van der Waals surface area contributed by atoms with Gasteiger partial charge in [0, 0.05) is 18.2 Å². The molecule has 0 N–H and O–H groups in total. The maximum Gasteiger partial charge on any atom is 0.168 e. The predicted molar refractivity (Wildman–Crippen MR) is 65.2 cm³/mol. The minimum absolute atomic E-state index is 0.171. The summed E-state index contributed by atoms with van der Waals surface area (Å²) in [4.78, 5) is 15.6. The van der Waals surface area contributed by atoms with Gasteiger partial charge in [-0.1, -0.05) is 12.1 Å². The van der Waals surface area contributed by atoms with Gasteiger partial charge < -0.3 is 4.74 Å².